The number of carbonyl (C=O) groups excluding carboxylic acids is 2. The van der Waals surface area contributed by atoms with Crippen molar-refractivity contribution < 1.29 is 14.3 Å². The maximum Gasteiger partial charge on any atom is 0.243 e. The molecule has 2 amide bonds. The number of nitriles is 1. The molecule has 0 saturated carbocycles. The Morgan fingerprint density at radius 3 is 2.90 bits per heavy atom. The molecule has 0 radical (unpaired) electrons. The summed E-state index contributed by atoms with van der Waals surface area (Å²) in [5, 5.41) is 11.2. The van der Waals surface area contributed by atoms with Crippen molar-refractivity contribution in [3.05, 3.63) is 29.3 Å². The Bertz CT molecular complexity index is 592. The largest absolute Gasteiger partial charge is 0.496 e. The molecule has 1 fully saturated rings. The molecular formula is C14H15N3O3. The first kappa shape index (κ1) is 14.0. The Kier molecular flexibility index (Phi) is 4.01. The second kappa shape index (κ2) is 5.72. The van der Waals surface area contributed by atoms with Gasteiger partial charge in [0.05, 0.1) is 31.3 Å². The van der Waals surface area contributed by atoms with Gasteiger partial charge in [-0.2, -0.15) is 5.26 Å². The third kappa shape index (κ3) is 2.78. The van der Waals surface area contributed by atoms with Crippen LogP contribution in [0.15, 0.2) is 18.2 Å². The second-order valence-electron chi connectivity index (χ2n) is 4.63. The molecule has 1 atom stereocenters. The Hall–Kier alpha value is -2.39. The lowest BCUT2D eigenvalue weighted by Crippen LogP contribution is -2.56. The number of imide groups is 1. The highest BCUT2D eigenvalue weighted by Crippen LogP contribution is 2.22. The first-order valence-electron chi connectivity index (χ1n) is 6.20. The molecule has 1 aliphatic heterocycles. The summed E-state index contributed by atoms with van der Waals surface area (Å²) in [6.45, 7) is 2.26. The van der Waals surface area contributed by atoms with Gasteiger partial charge in [0.15, 0.2) is 0 Å². The molecule has 1 aromatic carbocycles. The lowest BCUT2D eigenvalue weighted by atomic mass is 10.1. The monoisotopic (exact) mass is 273 g/mol. The smallest absolute Gasteiger partial charge is 0.243 e. The molecule has 20 heavy (non-hydrogen) atoms. The minimum absolute atomic E-state index is 0.146. The van der Waals surface area contributed by atoms with Crippen LogP contribution in [0.25, 0.3) is 0 Å². The fourth-order valence-electron chi connectivity index (χ4n) is 2.15. The lowest BCUT2D eigenvalue weighted by molar-refractivity contribution is -0.139. The number of carbonyl (C=O) groups is 2. The molecule has 1 aromatic rings. The van der Waals surface area contributed by atoms with E-state index in [4.69, 9.17) is 10.00 Å². The lowest BCUT2D eigenvalue weighted by Gasteiger charge is -2.31. The van der Waals surface area contributed by atoms with E-state index in [1.54, 1.807) is 37.1 Å². The standard InChI is InChI=1S/C14H15N3O3/c1-9-14(19)16-13(18)8-17(9)7-11-5-10(6-15)3-4-12(11)20-2/h3-5,9H,7-8H2,1-2H3,(H,16,18,19). The number of piperazine rings is 1. The highest BCUT2D eigenvalue weighted by Gasteiger charge is 2.30. The van der Waals surface area contributed by atoms with Gasteiger partial charge in [0, 0.05) is 12.1 Å². The van der Waals surface area contributed by atoms with Crippen LogP contribution in [0, 0.1) is 11.3 Å². The topological polar surface area (TPSA) is 82.4 Å². The van der Waals surface area contributed by atoms with Gasteiger partial charge in [0.2, 0.25) is 11.8 Å². The summed E-state index contributed by atoms with van der Waals surface area (Å²) in [5.41, 5.74) is 1.29. The van der Waals surface area contributed by atoms with Gasteiger partial charge in [-0.1, -0.05) is 0 Å². The third-order valence-corrected chi connectivity index (χ3v) is 3.32. The van der Waals surface area contributed by atoms with Gasteiger partial charge >= 0.3 is 0 Å². The molecule has 0 aromatic heterocycles. The Balaban J connectivity index is 2.26. The van der Waals surface area contributed by atoms with Crippen molar-refractivity contribution in [3.63, 3.8) is 0 Å². The molecule has 1 saturated heterocycles. The number of methoxy groups -OCH3 is 1. The van der Waals surface area contributed by atoms with Crippen molar-refractivity contribution in [2.45, 2.75) is 19.5 Å². The van der Waals surface area contributed by atoms with E-state index in [1.165, 1.54) is 0 Å². The van der Waals surface area contributed by atoms with Gasteiger partial charge in [-0.15, -0.1) is 0 Å². The third-order valence-electron chi connectivity index (χ3n) is 3.32. The van der Waals surface area contributed by atoms with Crippen LogP contribution in [0.1, 0.15) is 18.1 Å². The van der Waals surface area contributed by atoms with Crippen molar-refractivity contribution >= 4 is 11.8 Å². The maximum absolute atomic E-state index is 11.6. The van der Waals surface area contributed by atoms with Crippen LogP contribution in [0.3, 0.4) is 0 Å². The van der Waals surface area contributed by atoms with Crippen LogP contribution in [-0.4, -0.2) is 36.4 Å². The molecule has 1 heterocycles. The highest BCUT2D eigenvalue weighted by atomic mass is 16.5. The number of rotatable bonds is 3. The summed E-state index contributed by atoms with van der Waals surface area (Å²) in [4.78, 5) is 24.8. The number of hydrogen-bond acceptors (Lipinski definition) is 5. The van der Waals surface area contributed by atoms with Crippen molar-refractivity contribution in [1.82, 2.24) is 10.2 Å². The van der Waals surface area contributed by atoms with Gasteiger partial charge in [0.1, 0.15) is 5.75 Å². The van der Waals surface area contributed by atoms with Gasteiger partial charge < -0.3 is 4.74 Å². The summed E-state index contributed by atoms with van der Waals surface area (Å²) in [6, 6.07) is 6.75. The summed E-state index contributed by atoms with van der Waals surface area (Å²) >= 11 is 0. The van der Waals surface area contributed by atoms with E-state index < -0.39 is 6.04 Å². The average Bonchev–Trinajstić information content (AvgIpc) is 2.44. The zero-order valence-corrected chi connectivity index (χ0v) is 11.3. The molecule has 2 rings (SSSR count). The summed E-state index contributed by atoms with van der Waals surface area (Å²) in [7, 11) is 1.54. The molecule has 0 bridgehead atoms. The van der Waals surface area contributed by atoms with Crippen LogP contribution in [0.2, 0.25) is 0 Å². The molecule has 1 unspecified atom stereocenters. The fourth-order valence-corrected chi connectivity index (χ4v) is 2.15. The second-order valence-corrected chi connectivity index (χ2v) is 4.63. The number of ether oxygens (including phenoxy) is 1. The van der Waals surface area contributed by atoms with Crippen LogP contribution in [0.5, 0.6) is 5.75 Å². The molecule has 6 heteroatoms. The number of nitrogens with one attached hydrogen (secondary N) is 1. The summed E-state index contributed by atoms with van der Waals surface area (Å²) in [6.07, 6.45) is 0. The van der Waals surface area contributed by atoms with Crippen molar-refractivity contribution in [2.24, 2.45) is 0 Å². The van der Waals surface area contributed by atoms with E-state index in [1.807, 2.05) is 0 Å². The minimum atomic E-state index is -0.400. The Morgan fingerprint density at radius 1 is 1.50 bits per heavy atom. The van der Waals surface area contributed by atoms with Gasteiger partial charge in [-0.3, -0.25) is 19.8 Å². The summed E-state index contributed by atoms with van der Waals surface area (Å²) in [5.74, 6) is 0.00906. The number of hydrogen-bond donors (Lipinski definition) is 1. The average molecular weight is 273 g/mol. The number of nitrogens with zero attached hydrogens (tertiary/aromatic N) is 2. The molecule has 6 nitrogen and oxygen atoms in total. The quantitative estimate of drug-likeness (QED) is 0.807. The predicted molar refractivity (Wildman–Crippen MR) is 70.7 cm³/mol. The Labute approximate surface area is 116 Å². The van der Waals surface area contributed by atoms with E-state index in [-0.39, 0.29) is 18.4 Å². The van der Waals surface area contributed by atoms with E-state index in [2.05, 4.69) is 11.4 Å². The van der Waals surface area contributed by atoms with Crippen molar-refractivity contribution in [3.8, 4) is 11.8 Å². The first-order valence-corrected chi connectivity index (χ1v) is 6.20. The van der Waals surface area contributed by atoms with Gasteiger partial charge in [0.25, 0.3) is 0 Å². The van der Waals surface area contributed by atoms with E-state index >= 15 is 0 Å². The Morgan fingerprint density at radius 2 is 2.25 bits per heavy atom. The minimum Gasteiger partial charge on any atom is -0.496 e. The fraction of sp³-hybridized carbons (Fsp3) is 0.357. The van der Waals surface area contributed by atoms with Crippen LogP contribution in [0.4, 0.5) is 0 Å². The first-order chi connectivity index (χ1) is 9.55. The zero-order valence-electron chi connectivity index (χ0n) is 11.3. The molecular weight excluding hydrogens is 258 g/mol. The van der Waals surface area contributed by atoms with Crippen molar-refractivity contribution in [2.75, 3.05) is 13.7 Å². The molecule has 104 valence electrons. The predicted octanol–water partition coefficient (Wildman–Crippen LogP) is 0.414. The van der Waals surface area contributed by atoms with Crippen molar-refractivity contribution in [1.29, 1.82) is 5.26 Å². The van der Waals surface area contributed by atoms with E-state index in [0.717, 1.165) is 5.56 Å². The van der Waals surface area contributed by atoms with E-state index in [9.17, 15) is 9.59 Å². The molecule has 0 aliphatic carbocycles. The van der Waals surface area contributed by atoms with E-state index in [0.29, 0.717) is 17.9 Å². The highest BCUT2D eigenvalue weighted by molar-refractivity contribution is 6.00. The number of benzene rings is 1. The molecule has 1 N–H and O–H groups in total. The van der Waals surface area contributed by atoms with Gasteiger partial charge in [-0.05, 0) is 25.1 Å². The summed E-state index contributed by atoms with van der Waals surface area (Å²) < 4.78 is 5.25. The van der Waals surface area contributed by atoms with Crippen LogP contribution < -0.4 is 10.1 Å². The SMILES string of the molecule is COc1ccc(C#N)cc1CN1CC(=O)NC(=O)C1C. The molecule has 0 spiro atoms. The zero-order chi connectivity index (χ0) is 14.7. The normalized spacial score (nSPS) is 19.4. The number of amides is 2. The van der Waals surface area contributed by atoms with Crippen LogP contribution >= 0.6 is 0 Å². The van der Waals surface area contributed by atoms with Crippen LogP contribution in [-0.2, 0) is 16.1 Å². The van der Waals surface area contributed by atoms with Gasteiger partial charge in [-0.25, -0.2) is 0 Å². The maximum atomic E-state index is 11.6. The molecule has 1 aliphatic rings.